The highest BCUT2D eigenvalue weighted by molar-refractivity contribution is 5.45. The molecule has 0 bridgehead atoms. The van der Waals surface area contributed by atoms with Gasteiger partial charge in [0.05, 0.1) is 17.5 Å². The molecular weight excluding hydrogens is 257 g/mol. The third kappa shape index (κ3) is 2.94. The molecule has 20 heavy (non-hydrogen) atoms. The lowest BCUT2D eigenvalue weighted by Crippen LogP contribution is -2.59. The molecule has 1 aromatic rings. The van der Waals surface area contributed by atoms with Crippen LogP contribution in [0.2, 0.25) is 0 Å². The van der Waals surface area contributed by atoms with E-state index in [0.717, 1.165) is 30.8 Å². The lowest BCUT2D eigenvalue weighted by atomic mass is 9.91. The number of hydrogen-bond donors (Lipinski definition) is 1. The molecule has 0 radical (unpaired) electrons. The van der Waals surface area contributed by atoms with Gasteiger partial charge in [0.2, 0.25) is 0 Å². The second kappa shape index (κ2) is 5.30. The van der Waals surface area contributed by atoms with Gasteiger partial charge < -0.3 is 10.0 Å². The third-order valence-corrected chi connectivity index (χ3v) is 4.25. The molecule has 110 valence electrons. The summed E-state index contributed by atoms with van der Waals surface area (Å²) < 4.78 is 12.9. The minimum absolute atomic E-state index is 0.467. The van der Waals surface area contributed by atoms with Gasteiger partial charge in [-0.3, -0.25) is 9.88 Å². The van der Waals surface area contributed by atoms with Crippen LogP contribution < -0.4 is 4.90 Å². The van der Waals surface area contributed by atoms with Gasteiger partial charge in [0.15, 0.2) is 0 Å². The first kappa shape index (κ1) is 13.8. The molecule has 0 aromatic carbocycles. The maximum atomic E-state index is 12.9. The summed E-state index contributed by atoms with van der Waals surface area (Å²) >= 11 is 0. The summed E-state index contributed by atoms with van der Waals surface area (Å²) in [6.45, 7) is 5.02. The van der Waals surface area contributed by atoms with E-state index in [1.54, 1.807) is 0 Å². The topological polar surface area (TPSA) is 39.6 Å². The van der Waals surface area contributed by atoms with E-state index in [-0.39, 0.29) is 0 Å². The molecule has 3 heterocycles. The Bertz CT molecular complexity index is 461. The van der Waals surface area contributed by atoms with Gasteiger partial charge in [-0.15, -0.1) is 0 Å². The van der Waals surface area contributed by atoms with E-state index in [4.69, 9.17) is 0 Å². The molecule has 2 saturated heterocycles. The second-order valence-corrected chi connectivity index (χ2v) is 6.20. The molecule has 0 spiro atoms. The standard InChI is InChI=1S/C15H22FN3O/c1-12-3-4-14(7-17-12)19-6-2-5-15(20,11-19)10-18-8-13(16)9-18/h3-4,7,13,20H,2,5-6,8-11H2,1H3/t15-/m0/s1. The number of nitrogens with zero attached hydrogens (tertiary/aromatic N) is 3. The van der Waals surface area contributed by atoms with Gasteiger partial charge in [0, 0.05) is 38.4 Å². The van der Waals surface area contributed by atoms with Crippen molar-refractivity contribution in [3.63, 3.8) is 0 Å². The molecule has 1 aromatic heterocycles. The minimum Gasteiger partial charge on any atom is -0.387 e. The molecule has 2 aliphatic heterocycles. The molecule has 0 saturated carbocycles. The summed E-state index contributed by atoms with van der Waals surface area (Å²) in [7, 11) is 0. The summed E-state index contributed by atoms with van der Waals surface area (Å²) in [6.07, 6.45) is 2.90. The van der Waals surface area contributed by atoms with E-state index >= 15 is 0 Å². The van der Waals surface area contributed by atoms with Gasteiger partial charge in [-0.2, -0.15) is 0 Å². The Labute approximate surface area is 119 Å². The first-order valence-electron chi connectivity index (χ1n) is 7.30. The van der Waals surface area contributed by atoms with Crippen molar-refractivity contribution in [2.24, 2.45) is 0 Å². The fourth-order valence-electron chi connectivity index (χ4n) is 3.16. The van der Waals surface area contributed by atoms with Crippen LogP contribution in [-0.4, -0.2) is 59.5 Å². The Morgan fingerprint density at radius 1 is 1.45 bits per heavy atom. The zero-order valence-corrected chi connectivity index (χ0v) is 11.9. The maximum Gasteiger partial charge on any atom is 0.125 e. The number of likely N-dealkylation sites (tertiary alicyclic amines) is 1. The summed E-state index contributed by atoms with van der Waals surface area (Å²) in [6, 6.07) is 4.04. The van der Waals surface area contributed by atoms with Crippen LogP contribution in [0.25, 0.3) is 0 Å². The van der Waals surface area contributed by atoms with Crippen LogP contribution in [0.3, 0.4) is 0 Å². The first-order valence-corrected chi connectivity index (χ1v) is 7.30. The molecule has 4 nitrogen and oxygen atoms in total. The van der Waals surface area contributed by atoms with E-state index in [2.05, 4.69) is 16.0 Å². The molecule has 2 aliphatic rings. The van der Waals surface area contributed by atoms with E-state index in [9.17, 15) is 9.50 Å². The average Bonchev–Trinajstić information content (AvgIpc) is 2.37. The van der Waals surface area contributed by atoms with Gasteiger partial charge in [-0.25, -0.2) is 4.39 Å². The number of β-amino-alcohol motifs (C(OH)–C–C–N with tert-alkyl or cyclic N) is 1. The number of anilines is 1. The van der Waals surface area contributed by atoms with Crippen LogP contribution >= 0.6 is 0 Å². The molecule has 0 unspecified atom stereocenters. The Hall–Kier alpha value is -1.20. The van der Waals surface area contributed by atoms with Crippen LogP contribution in [0.5, 0.6) is 0 Å². The molecule has 0 amide bonds. The summed E-state index contributed by atoms with van der Waals surface area (Å²) in [5.74, 6) is 0. The zero-order valence-electron chi connectivity index (χ0n) is 11.9. The second-order valence-electron chi connectivity index (χ2n) is 6.20. The SMILES string of the molecule is Cc1ccc(N2CCC[C@](O)(CN3CC(F)C3)C2)cn1. The molecule has 3 rings (SSSR count). The monoisotopic (exact) mass is 279 g/mol. The van der Waals surface area contributed by atoms with E-state index in [0.29, 0.717) is 26.2 Å². The Kier molecular flexibility index (Phi) is 3.65. The smallest absolute Gasteiger partial charge is 0.125 e. The van der Waals surface area contributed by atoms with Crippen molar-refractivity contribution < 1.29 is 9.50 Å². The highest BCUT2D eigenvalue weighted by atomic mass is 19.1. The number of halogens is 1. The highest BCUT2D eigenvalue weighted by Gasteiger charge is 2.38. The average molecular weight is 279 g/mol. The number of alkyl halides is 1. The number of piperidine rings is 1. The maximum absolute atomic E-state index is 12.9. The van der Waals surface area contributed by atoms with Crippen LogP contribution in [0, 0.1) is 6.92 Å². The Morgan fingerprint density at radius 3 is 2.90 bits per heavy atom. The predicted octanol–water partition coefficient (Wildman–Crippen LogP) is 1.38. The van der Waals surface area contributed by atoms with Gasteiger partial charge in [0.1, 0.15) is 6.17 Å². The van der Waals surface area contributed by atoms with E-state index < -0.39 is 11.8 Å². The summed E-state index contributed by atoms with van der Waals surface area (Å²) in [4.78, 5) is 8.50. The molecule has 5 heteroatoms. The van der Waals surface area contributed by atoms with Gasteiger partial charge >= 0.3 is 0 Å². The van der Waals surface area contributed by atoms with Crippen molar-refractivity contribution in [1.29, 1.82) is 0 Å². The van der Waals surface area contributed by atoms with Crippen LogP contribution in [0.4, 0.5) is 10.1 Å². The van der Waals surface area contributed by atoms with Crippen LogP contribution in [0.15, 0.2) is 18.3 Å². The van der Waals surface area contributed by atoms with Crippen molar-refractivity contribution in [2.75, 3.05) is 37.6 Å². The lowest BCUT2D eigenvalue weighted by Gasteiger charge is -2.45. The summed E-state index contributed by atoms with van der Waals surface area (Å²) in [5.41, 5.74) is 1.32. The van der Waals surface area contributed by atoms with Gasteiger partial charge in [0.25, 0.3) is 0 Å². The Balaban J connectivity index is 1.64. The molecular formula is C15H22FN3O. The van der Waals surface area contributed by atoms with Gasteiger partial charge in [-0.1, -0.05) is 0 Å². The van der Waals surface area contributed by atoms with Crippen molar-refractivity contribution in [2.45, 2.75) is 31.5 Å². The fraction of sp³-hybridized carbons (Fsp3) is 0.667. The van der Waals surface area contributed by atoms with Crippen molar-refractivity contribution in [3.05, 3.63) is 24.0 Å². The Morgan fingerprint density at radius 2 is 2.25 bits per heavy atom. The first-order chi connectivity index (χ1) is 9.54. The molecule has 1 atom stereocenters. The predicted molar refractivity (Wildman–Crippen MR) is 76.7 cm³/mol. The van der Waals surface area contributed by atoms with Gasteiger partial charge in [-0.05, 0) is 31.9 Å². The van der Waals surface area contributed by atoms with Crippen LogP contribution in [-0.2, 0) is 0 Å². The number of aryl methyl sites for hydroxylation is 1. The van der Waals surface area contributed by atoms with Crippen molar-refractivity contribution in [3.8, 4) is 0 Å². The number of rotatable bonds is 3. The van der Waals surface area contributed by atoms with Crippen molar-refractivity contribution in [1.82, 2.24) is 9.88 Å². The minimum atomic E-state index is -0.733. The lowest BCUT2D eigenvalue weighted by molar-refractivity contribution is -0.0445. The quantitative estimate of drug-likeness (QED) is 0.907. The fourth-order valence-corrected chi connectivity index (χ4v) is 3.16. The van der Waals surface area contributed by atoms with E-state index in [1.165, 1.54) is 0 Å². The van der Waals surface area contributed by atoms with E-state index in [1.807, 2.05) is 24.1 Å². The molecule has 2 fully saturated rings. The normalized spacial score (nSPS) is 28.4. The van der Waals surface area contributed by atoms with Crippen molar-refractivity contribution >= 4 is 5.69 Å². The number of aliphatic hydroxyl groups is 1. The van der Waals surface area contributed by atoms with Crippen LogP contribution in [0.1, 0.15) is 18.5 Å². The highest BCUT2D eigenvalue weighted by Crippen LogP contribution is 2.28. The molecule has 0 aliphatic carbocycles. The largest absolute Gasteiger partial charge is 0.387 e. The summed E-state index contributed by atoms with van der Waals surface area (Å²) in [5, 5.41) is 10.8. The zero-order chi connectivity index (χ0) is 14.2. The molecule has 1 N–H and O–H groups in total. The third-order valence-electron chi connectivity index (χ3n) is 4.25. The number of pyridine rings is 1. The number of aromatic nitrogens is 1. The number of hydrogen-bond acceptors (Lipinski definition) is 4.